The number of hydrogen-bond donors (Lipinski definition) is 0. The molecule has 1 aliphatic carbocycles. The Hall–Kier alpha value is -3.15. The third-order valence-corrected chi connectivity index (χ3v) is 8.70. The molecule has 10 nitrogen and oxygen atoms in total. The van der Waals surface area contributed by atoms with Crippen molar-refractivity contribution in [3.05, 3.63) is 68.8 Å². The van der Waals surface area contributed by atoms with Crippen LogP contribution in [0.2, 0.25) is 0 Å². The fourth-order valence-corrected chi connectivity index (χ4v) is 6.40. The molecular weight excluding hydrogens is 460 g/mol. The van der Waals surface area contributed by atoms with Crippen LogP contribution in [0.4, 0.5) is 5.69 Å². The van der Waals surface area contributed by atoms with Crippen molar-refractivity contribution in [2.75, 3.05) is 32.8 Å². The number of fused-ring (bicyclic) bond motifs is 2. The zero-order valence-electron chi connectivity index (χ0n) is 18.5. The minimum Gasteiger partial charge on any atom is -0.283 e. The third-order valence-electron chi connectivity index (χ3n) is 6.80. The van der Waals surface area contributed by atoms with Crippen LogP contribution in [0.5, 0.6) is 0 Å². The average molecular weight is 485 g/mol. The van der Waals surface area contributed by atoms with E-state index in [1.54, 1.807) is 12.1 Å². The molecular formula is C23H24N4O6S. The van der Waals surface area contributed by atoms with E-state index in [1.165, 1.54) is 28.1 Å². The van der Waals surface area contributed by atoms with Crippen LogP contribution in [0.3, 0.4) is 0 Å². The monoisotopic (exact) mass is 484 g/mol. The van der Waals surface area contributed by atoms with Crippen LogP contribution in [0.15, 0.2) is 41.3 Å². The Bertz CT molecular complexity index is 1300. The van der Waals surface area contributed by atoms with Crippen LogP contribution in [-0.2, 0) is 22.9 Å². The predicted molar refractivity (Wildman–Crippen MR) is 122 cm³/mol. The van der Waals surface area contributed by atoms with Gasteiger partial charge in [0.05, 0.1) is 22.1 Å². The highest BCUT2D eigenvalue weighted by molar-refractivity contribution is 7.89. The van der Waals surface area contributed by atoms with Crippen LogP contribution >= 0.6 is 0 Å². The first-order valence-electron chi connectivity index (χ1n) is 11.3. The quantitative estimate of drug-likeness (QED) is 0.362. The smallest absolute Gasteiger partial charge is 0.282 e. The maximum absolute atomic E-state index is 13.2. The number of imide groups is 1. The van der Waals surface area contributed by atoms with Gasteiger partial charge in [-0.05, 0) is 55.0 Å². The molecule has 1 saturated heterocycles. The number of carbonyl (C=O) groups excluding carboxylic acids is 2. The Balaban J connectivity index is 1.26. The van der Waals surface area contributed by atoms with Gasteiger partial charge >= 0.3 is 0 Å². The normalized spacial score (nSPS) is 19.2. The van der Waals surface area contributed by atoms with Crippen molar-refractivity contribution in [1.82, 2.24) is 14.1 Å². The summed E-state index contributed by atoms with van der Waals surface area (Å²) in [6.45, 7) is 1.07. The number of benzene rings is 2. The van der Waals surface area contributed by atoms with E-state index < -0.39 is 26.8 Å². The minimum atomic E-state index is -3.64. The maximum atomic E-state index is 13.2. The minimum absolute atomic E-state index is 0.0211. The van der Waals surface area contributed by atoms with Crippen LogP contribution < -0.4 is 0 Å². The molecule has 3 aliphatic rings. The number of rotatable bonds is 5. The lowest BCUT2D eigenvalue weighted by atomic mass is 9.92. The summed E-state index contributed by atoms with van der Waals surface area (Å²) in [6.07, 6.45) is 4.07. The zero-order valence-corrected chi connectivity index (χ0v) is 19.3. The largest absolute Gasteiger partial charge is 0.283 e. The molecule has 0 unspecified atom stereocenters. The molecule has 2 aromatic rings. The van der Waals surface area contributed by atoms with Crippen LogP contribution in [0.25, 0.3) is 0 Å². The molecule has 34 heavy (non-hydrogen) atoms. The van der Waals surface area contributed by atoms with Gasteiger partial charge in [0.2, 0.25) is 10.0 Å². The Morgan fingerprint density at radius 1 is 0.912 bits per heavy atom. The zero-order chi connectivity index (χ0) is 24.0. The van der Waals surface area contributed by atoms with Crippen molar-refractivity contribution >= 4 is 27.5 Å². The molecule has 0 N–H and O–H groups in total. The Kier molecular flexibility index (Phi) is 5.70. The van der Waals surface area contributed by atoms with Gasteiger partial charge in [-0.15, -0.1) is 0 Å². The van der Waals surface area contributed by atoms with E-state index >= 15 is 0 Å². The van der Waals surface area contributed by atoms with Crippen molar-refractivity contribution in [1.29, 1.82) is 0 Å². The van der Waals surface area contributed by atoms with E-state index in [4.69, 9.17) is 0 Å². The van der Waals surface area contributed by atoms with Crippen molar-refractivity contribution < 1.29 is 22.9 Å². The molecule has 1 fully saturated rings. The average Bonchev–Trinajstić information content (AvgIpc) is 3.09. The highest BCUT2D eigenvalue weighted by Crippen LogP contribution is 2.31. The first-order chi connectivity index (χ1) is 16.3. The standard InChI is InChI=1S/C23H24N4O6S/c28-22-19-6-3-7-20(27(30)31)21(19)23(29)26(22)15-24-10-12-25(13-11-24)34(32,33)18-9-8-16-4-1-2-5-17(16)14-18/h3,6-9,14H,1-2,4-5,10-13,15H2. The van der Waals surface area contributed by atoms with E-state index in [9.17, 15) is 28.1 Å². The molecule has 2 aromatic carbocycles. The highest BCUT2D eigenvalue weighted by Gasteiger charge is 2.42. The molecule has 2 amide bonds. The molecule has 0 spiro atoms. The van der Waals surface area contributed by atoms with Crippen molar-refractivity contribution in [2.45, 2.75) is 30.6 Å². The van der Waals surface area contributed by atoms with Gasteiger partial charge in [0.25, 0.3) is 17.5 Å². The highest BCUT2D eigenvalue weighted by atomic mass is 32.2. The number of carbonyl (C=O) groups is 2. The second-order valence-corrected chi connectivity index (χ2v) is 10.7. The van der Waals surface area contributed by atoms with Gasteiger partial charge < -0.3 is 0 Å². The van der Waals surface area contributed by atoms with Crippen molar-refractivity contribution in [3.63, 3.8) is 0 Å². The number of nitro benzene ring substituents is 1. The van der Waals surface area contributed by atoms with Gasteiger partial charge in [0.1, 0.15) is 5.56 Å². The summed E-state index contributed by atoms with van der Waals surface area (Å²) in [5.41, 5.74) is 1.76. The lowest BCUT2D eigenvalue weighted by Gasteiger charge is -2.35. The lowest BCUT2D eigenvalue weighted by molar-refractivity contribution is -0.385. The molecule has 0 radical (unpaired) electrons. The van der Waals surface area contributed by atoms with Gasteiger partial charge in [0.15, 0.2) is 0 Å². The fraction of sp³-hybridized carbons (Fsp3) is 0.391. The Morgan fingerprint density at radius 3 is 2.32 bits per heavy atom. The van der Waals surface area contributed by atoms with Gasteiger partial charge in [-0.1, -0.05) is 12.1 Å². The molecule has 0 bridgehead atoms. The molecule has 11 heteroatoms. The molecule has 0 saturated carbocycles. The summed E-state index contributed by atoms with van der Waals surface area (Å²) in [5.74, 6) is -1.27. The first-order valence-corrected chi connectivity index (χ1v) is 12.7. The summed E-state index contributed by atoms with van der Waals surface area (Å²) in [5, 5.41) is 11.3. The first kappa shape index (κ1) is 22.6. The summed E-state index contributed by atoms with van der Waals surface area (Å²) >= 11 is 0. The number of piperazine rings is 1. The molecule has 5 rings (SSSR count). The molecule has 0 atom stereocenters. The second kappa shape index (κ2) is 8.57. The van der Waals surface area contributed by atoms with E-state index in [0.29, 0.717) is 18.0 Å². The van der Waals surface area contributed by atoms with Gasteiger partial charge in [-0.3, -0.25) is 29.5 Å². The molecule has 178 valence electrons. The van der Waals surface area contributed by atoms with Gasteiger partial charge in [-0.25, -0.2) is 8.42 Å². The Labute approximate surface area is 197 Å². The number of nitrogens with zero attached hydrogens (tertiary/aromatic N) is 4. The molecule has 0 aromatic heterocycles. The SMILES string of the molecule is O=C1c2cccc([N+](=O)[O-])c2C(=O)N1CN1CCN(S(=O)(=O)c2ccc3c(c2)CCCC3)CC1. The van der Waals surface area contributed by atoms with E-state index in [1.807, 2.05) is 11.0 Å². The topological polar surface area (TPSA) is 121 Å². The number of amides is 2. The maximum Gasteiger partial charge on any atom is 0.282 e. The molecule has 2 aliphatic heterocycles. The number of hydrogen-bond acceptors (Lipinski definition) is 7. The van der Waals surface area contributed by atoms with Crippen molar-refractivity contribution in [2.24, 2.45) is 0 Å². The summed E-state index contributed by atoms with van der Waals surface area (Å²) in [6, 6.07) is 9.39. The van der Waals surface area contributed by atoms with Crippen LogP contribution in [0.1, 0.15) is 44.7 Å². The summed E-state index contributed by atoms with van der Waals surface area (Å²) < 4.78 is 27.8. The predicted octanol–water partition coefficient (Wildman–Crippen LogP) is 2.03. The second-order valence-electron chi connectivity index (χ2n) is 8.80. The lowest BCUT2D eigenvalue weighted by Crippen LogP contribution is -2.52. The van der Waals surface area contributed by atoms with E-state index in [2.05, 4.69) is 0 Å². The van der Waals surface area contributed by atoms with Crippen molar-refractivity contribution in [3.8, 4) is 0 Å². The Morgan fingerprint density at radius 2 is 1.62 bits per heavy atom. The fourth-order valence-electron chi connectivity index (χ4n) is 4.93. The summed E-state index contributed by atoms with van der Waals surface area (Å²) in [4.78, 5) is 39.3. The van der Waals surface area contributed by atoms with Gasteiger partial charge in [0, 0.05) is 32.2 Å². The van der Waals surface area contributed by atoms with E-state index in [0.717, 1.165) is 36.1 Å². The van der Waals surface area contributed by atoms with Crippen LogP contribution in [-0.4, -0.2) is 72.1 Å². The van der Waals surface area contributed by atoms with Gasteiger partial charge in [-0.2, -0.15) is 4.31 Å². The number of aryl methyl sites for hydroxylation is 2. The molecule has 2 heterocycles. The van der Waals surface area contributed by atoms with E-state index in [-0.39, 0.29) is 36.6 Å². The number of sulfonamides is 1. The van der Waals surface area contributed by atoms with Crippen LogP contribution in [0, 0.1) is 10.1 Å². The third kappa shape index (κ3) is 3.79. The number of nitro groups is 1. The summed E-state index contributed by atoms with van der Waals surface area (Å²) in [7, 11) is -3.64.